The average molecular weight is 1360 g/mol. The van der Waals surface area contributed by atoms with Gasteiger partial charge in [-0.2, -0.15) is 0 Å². The number of rotatable bonds is 38. The number of aliphatic hydroxyl groups excluding tert-OH is 10. The Kier molecular flexibility index (Phi) is 34.7. The van der Waals surface area contributed by atoms with Crippen molar-refractivity contribution in [1.82, 2.24) is 66.0 Å². The fourth-order valence-corrected chi connectivity index (χ4v) is 11.4. The molecule has 3 aromatic rings. The molecule has 0 bridgehead atoms. The molecule has 1 fully saturated rings. The number of fused-ring (bicyclic) bond motifs is 2. The number of imidazole rings is 1. The first kappa shape index (κ1) is 80.1. The number of aliphatic hydroxyl groups is 10. The zero-order chi connectivity index (χ0) is 70.4. The van der Waals surface area contributed by atoms with E-state index in [9.17, 15) is 84.6 Å². The first-order valence-electron chi connectivity index (χ1n) is 33.8. The summed E-state index contributed by atoms with van der Waals surface area (Å²) in [4.78, 5) is 117. The molecule has 0 saturated carbocycles. The van der Waals surface area contributed by atoms with Crippen molar-refractivity contribution in [3.8, 4) is 0 Å². The normalized spacial score (nSPS) is 18.9. The van der Waals surface area contributed by atoms with Crippen LogP contribution in [0, 0.1) is 0 Å². The highest BCUT2D eigenvalue weighted by molar-refractivity contribution is 5.96. The molecule has 0 unspecified atom stereocenters. The molecular weight excluding hydrogens is 1250 g/mol. The standard InChI is InChI=1S/C65H108N14O17/c1-6-44-65(96)79(37-43-34-42(18-19-45(43)69-44)64(95)74(5)38-54-70-46-16-12-13-17-47(46)71-54)25-15-11-10-14-24-66-62(93)48(20-22-55(86)67-35-50(82)58(89)60(91)52(84)40-80)73-63(94)49(21-23-56(87)68-36-51(83)59(90)61(92)53(85)41-81)72-57(88)39-78-32-30-76(8-3)28-26-75(7-2)27-29-77(9-4)31-33-78/h12-13,16-19,34,44,48-53,58-61,69,80-85,89-92H,6-11,14-15,20-33,35-41H2,1-5H3,(H,66,93)(H,67,86)(H,68,87)(H,70,71)(H,72,88)(H,73,94)/t44-,48-,49-,50+,51-,52-,53+,58-,59+,60-,61+/m0/s1. The Hall–Kier alpha value is -6.56. The van der Waals surface area contributed by atoms with Gasteiger partial charge in [0.05, 0.1) is 49.5 Å². The van der Waals surface area contributed by atoms with Crippen molar-refractivity contribution in [2.45, 2.75) is 166 Å². The Bertz CT molecular complexity index is 2840. The Morgan fingerprint density at radius 1 is 0.615 bits per heavy atom. The van der Waals surface area contributed by atoms with Gasteiger partial charge in [0.1, 0.15) is 60.6 Å². The molecule has 11 atom stereocenters. The van der Waals surface area contributed by atoms with E-state index in [0.29, 0.717) is 76.2 Å². The summed E-state index contributed by atoms with van der Waals surface area (Å²) in [5.41, 5.74) is 3.66. The van der Waals surface area contributed by atoms with Gasteiger partial charge in [-0.15, -0.1) is 0 Å². The van der Waals surface area contributed by atoms with Gasteiger partial charge in [-0.1, -0.05) is 52.7 Å². The SMILES string of the molecule is CC[C@@H]1Nc2ccc(C(=O)N(C)Cc3nc4ccccc4[nH]3)cc2CN(CCCCCCNC(=O)[C@H](CCC(=O)NC[C@@H](O)[C@H](O)[C@@H](O)[C@@H](O)CO)NC(=O)[C@H](CCC(=O)NC[C@H](O)[C@@H](O)[C@H](O)[C@H](O)CO)NC(=O)CN2CCN(CC)CCN(CC)CCN(CC)CC2)C1=O. The Labute approximate surface area is 561 Å². The maximum Gasteiger partial charge on any atom is 0.254 e. The minimum atomic E-state index is -1.98. The Morgan fingerprint density at radius 3 is 1.65 bits per heavy atom. The fourth-order valence-electron chi connectivity index (χ4n) is 11.4. The highest BCUT2D eigenvalue weighted by Crippen LogP contribution is 2.27. The van der Waals surface area contributed by atoms with Crippen LogP contribution in [0.1, 0.15) is 107 Å². The van der Waals surface area contributed by atoms with Crippen molar-refractivity contribution in [3.63, 3.8) is 0 Å². The minimum absolute atomic E-state index is 0.0846. The second-order valence-corrected chi connectivity index (χ2v) is 24.8. The molecule has 31 heteroatoms. The highest BCUT2D eigenvalue weighted by atomic mass is 16.4. The molecule has 0 aliphatic carbocycles. The third-order valence-corrected chi connectivity index (χ3v) is 17.8. The van der Waals surface area contributed by atoms with E-state index in [1.165, 1.54) is 0 Å². The van der Waals surface area contributed by atoms with Gasteiger partial charge in [-0.05, 0) is 87.6 Å². The van der Waals surface area contributed by atoms with E-state index in [1.54, 1.807) is 22.9 Å². The van der Waals surface area contributed by atoms with Crippen molar-refractivity contribution in [2.24, 2.45) is 0 Å². The van der Waals surface area contributed by atoms with Crippen LogP contribution in [-0.4, -0.2) is 324 Å². The third-order valence-electron chi connectivity index (χ3n) is 17.8. The number of likely N-dealkylation sites (N-methyl/N-ethyl adjacent to an activating group) is 3. The summed E-state index contributed by atoms with van der Waals surface area (Å²) in [6.07, 6.45) is -13.9. The van der Waals surface area contributed by atoms with Crippen molar-refractivity contribution >= 4 is 58.1 Å². The van der Waals surface area contributed by atoms with Crippen LogP contribution < -0.4 is 31.9 Å². The van der Waals surface area contributed by atoms with Crippen LogP contribution in [0.25, 0.3) is 11.0 Å². The van der Waals surface area contributed by atoms with Gasteiger partial charge in [-0.25, -0.2) is 4.98 Å². The molecule has 1 aromatic heterocycles. The molecule has 2 aromatic carbocycles. The smallest absolute Gasteiger partial charge is 0.254 e. The van der Waals surface area contributed by atoms with Gasteiger partial charge in [-0.3, -0.25) is 38.5 Å². The van der Waals surface area contributed by atoms with Gasteiger partial charge < -0.3 is 112 Å². The van der Waals surface area contributed by atoms with Crippen LogP contribution in [0.4, 0.5) is 5.69 Å². The van der Waals surface area contributed by atoms with E-state index < -0.39 is 136 Å². The molecule has 96 heavy (non-hydrogen) atoms. The summed E-state index contributed by atoms with van der Waals surface area (Å²) in [6, 6.07) is 9.56. The van der Waals surface area contributed by atoms with E-state index in [0.717, 1.165) is 68.1 Å². The van der Waals surface area contributed by atoms with Crippen LogP contribution in [0.2, 0.25) is 0 Å². The largest absolute Gasteiger partial charge is 0.394 e. The van der Waals surface area contributed by atoms with Crippen LogP contribution in [-0.2, 0) is 41.9 Å². The molecule has 31 nitrogen and oxygen atoms in total. The summed E-state index contributed by atoms with van der Waals surface area (Å²) in [5, 5.41) is 116. The molecule has 0 radical (unpaired) electrons. The molecule has 540 valence electrons. The monoisotopic (exact) mass is 1360 g/mol. The van der Waals surface area contributed by atoms with E-state index in [-0.39, 0.29) is 50.8 Å². The lowest BCUT2D eigenvalue weighted by Crippen LogP contribution is -2.55. The lowest BCUT2D eigenvalue weighted by atomic mass is 10.0. The van der Waals surface area contributed by atoms with E-state index in [1.807, 2.05) is 48.2 Å². The third kappa shape index (κ3) is 25.7. The number of hydrogen-bond donors (Lipinski definition) is 17. The average Bonchev–Trinajstić information content (AvgIpc) is 1.64. The molecule has 1 saturated heterocycles. The zero-order valence-corrected chi connectivity index (χ0v) is 56.4. The van der Waals surface area contributed by atoms with Gasteiger partial charge >= 0.3 is 0 Å². The zero-order valence-electron chi connectivity index (χ0n) is 56.4. The first-order chi connectivity index (χ1) is 45.9. The number of unbranched alkanes of at least 4 members (excludes halogenated alkanes) is 3. The molecule has 2 aliphatic heterocycles. The maximum absolute atomic E-state index is 14.6. The van der Waals surface area contributed by atoms with Gasteiger partial charge in [0, 0.05) is 116 Å². The number of nitrogens with zero attached hydrogens (tertiary/aromatic N) is 7. The number of aromatic amines is 1. The molecular formula is C65H108N14O17. The lowest BCUT2D eigenvalue weighted by Gasteiger charge is -2.33. The van der Waals surface area contributed by atoms with Crippen molar-refractivity contribution < 1.29 is 84.6 Å². The quantitative estimate of drug-likeness (QED) is 0.0243. The van der Waals surface area contributed by atoms with Gasteiger partial charge in [0.25, 0.3) is 5.91 Å². The maximum atomic E-state index is 14.6. The van der Waals surface area contributed by atoms with Gasteiger partial charge in [0.2, 0.25) is 35.4 Å². The highest BCUT2D eigenvalue weighted by Gasteiger charge is 2.34. The number of H-pyrrole nitrogens is 1. The second-order valence-electron chi connectivity index (χ2n) is 24.8. The predicted octanol–water partition coefficient (Wildman–Crippen LogP) is -4.04. The van der Waals surface area contributed by atoms with Crippen LogP contribution in [0.3, 0.4) is 0 Å². The van der Waals surface area contributed by atoms with Crippen LogP contribution in [0.15, 0.2) is 42.5 Å². The lowest BCUT2D eigenvalue weighted by molar-refractivity contribution is -0.133. The number of anilines is 1. The second kappa shape index (κ2) is 41.6. The summed E-state index contributed by atoms with van der Waals surface area (Å²) in [6.45, 7) is 14.1. The van der Waals surface area contributed by atoms with Crippen molar-refractivity contribution in [1.29, 1.82) is 0 Å². The van der Waals surface area contributed by atoms with Gasteiger partial charge in [0.15, 0.2) is 0 Å². The van der Waals surface area contributed by atoms with Crippen molar-refractivity contribution in [2.75, 3.05) is 130 Å². The minimum Gasteiger partial charge on any atom is -0.394 e. The number of benzene rings is 2. The van der Waals surface area contributed by atoms with Crippen LogP contribution >= 0.6 is 0 Å². The van der Waals surface area contributed by atoms with Crippen LogP contribution in [0.5, 0.6) is 0 Å². The Morgan fingerprint density at radius 2 is 1.12 bits per heavy atom. The summed E-state index contributed by atoms with van der Waals surface area (Å²) >= 11 is 0. The number of hydrogen-bond acceptors (Lipinski definition) is 23. The molecule has 7 amide bonds. The number of aromatic nitrogens is 2. The number of carbonyl (C=O) groups is 7. The van der Waals surface area contributed by atoms with E-state index in [4.69, 9.17) is 0 Å². The topological polar surface area (TPSA) is 442 Å². The summed E-state index contributed by atoms with van der Waals surface area (Å²) in [7, 11) is 1.70. The number of para-hydroxylation sites is 2. The summed E-state index contributed by atoms with van der Waals surface area (Å²) < 4.78 is 0. The molecule has 3 heterocycles. The molecule has 2 aliphatic rings. The van der Waals surface area contributed by atoms with Crippen molar-refractivity contribution in [3.05, 3.63) is 59.4 Å². The van der Waals surface area contributed by atoms with E-state index >= 15 is 0 Å². The number of amides is 7. The molecule has 0 spiro atoms. The fraction of sp³-hybridized carbons (Fsp3) is 0.692. The summed E-state index contributed by atoms with van der Waals surface area (Å²) in [5.74, 6) is -3.40. The number of nitrogens with one attached hydrogen (secondary N) is 7. The van der Waals surface area contributed by atoms with E-state index in [2.05, 4.69) is 77.3 Å². The predicted molar refractivity (Wildman–Crippen MR) is 356 cm³/mol. The number of carbonyl (C=O) groups excluding carboxylic acids is 7. The molecule has 5 rings (SSSR count). The first-order valence-corrected chi connectivity index (χ1v) is 33.8. The molecule has 17 N–H and O–H groups in total. The Balaban J connectivity index is 1.27.